The Morgan fingerprint density at radius 3 is 2.17 bits per heavy atom. The summed E-state index contributed by atoms with van der Waals surface area (Å²) in [4.78, 5) is 49.0. The summed E-state index contributed by atoms with van der Waals surface area (Å²) in [5.74, 6) is -2.53. The molecule has 0 unspecified atom stereocenters. The molecule has 2 aromatic rings. The molecular formula is C25H31FN4O5. The second-order valence-electron chi connectivity index (χ2n) is 8.70. The van der Waals surface area contributed by atoms with E-state index in [1.807, 2.05) is 0 Å². The van der Waals surface area contributed by atoms with Crippen LogP contribution in [0.25, 0.3) is 0 Å². The van der Waals surface area contributed by atoms with Crippen LogP contribution in [0.5, 0.6) is 5.75 Å². The largest absolute Gasteiger partial charge is 0.508 e. The highest BCUT2D eigenvalue weighted by Gasteiger charge is 2.32. The van der Waals surface area contributed by atoms with Crippen LogP contribution < -0.4 is 21.7 Å². The van der Waals surface area contributed by atoms with Crippen molar-refractivity contribution in [1.29, 1.82) is 0 Å². The first-order chi connectivity index (χ1) is 16.5. The number of halogens is 1. The van der Waals surface area contributed by atoms with Gasteiger partial charge in [-0.25, -0.2) is 4.39 Å². The van der Waals surface area contributed by atoms with E-state index in [0.717, 1.165) is 5.56 Å². The maximum absolute atomic E-state index is 13.3. The molecule has 0 aliphatic rings. The van der Waals surface area contributed by atoms with Gasteiger partial charge in [0.25, 0.3) is 0 Å². The molecule has 0 aromatic heterocycles. The van der Waals surface area contributed by atoms with E-state index in [9.17, 15) is 28.7 Å². The highest BCUT2D eigenvalue weighted by atomic mass is 19.1. The molecular weight excluding hydrogens is 455 g/mol. The number of carbonyl (C=O) groups excluding carboxylic acids is 4. The summed E-state index contributed by atoms with van der Waals surface area (Å²) in [6.07, 6.45) is 0.210. The zero-order chi connectivity index (χ0) is 26.0. The highest BCUT2D eigenvalue weighted by Crippen LogP contribution is 2.11. The lowest BCUT2D eigenvalue weighted by Crippen LogP contribution is -2.59. The molecule has 0 aliphatic carbocycles. The fourth-order valence-corrected chi connectivity index (χ4v) is 3.22. The molecule has 188 valence electrons. The van der Waals surface area contributed by atoms with Gasteiger partial charge in [-0.1, -0.05) is 24.3 Å². The van der Waals surface area contributed by atoms with Crippen molar-refractivity contribution >= 4 is 23.6 Å². The molecule has 0 bridgehead atoms. The summed E-state index contributed by atoms with van der Waals surface area (Å²) in [6.45, 7) is 3.38. The number of primary amides is 1. The molecule has 0 fully saturated rings. The second kappa shape index (κ2) is 12.5. The van der Waals surface area contributed by atoms with Gasteiger partial charge < -0.3 is 26.8 Å². The van der Waals surface area contributed by atoms with Crippen LogP contribution in [0.15, 0.2) is 48.5 Å². The van der Waals surface area contributed by atoms with E-state index in [1.165, 1.54) is 38.1 Å². The molecule has 1 atom stereocenters. The predicted octanol–water partition coefficient (Wildman–Crippen LogP) is 1.08. The third kappa shape index (κ3) is 9.44. The maximum Gasteiger partial charge on any atom is 0.245 e. The molecule has 0 saturated heterocycles. The Morgan fingerprint density at radius 2 is 1.57 bits per heavy atom. The number of benzene rings is 2. The van der Waals surface area contributed by atoms with Crippen molar-refractivity contribution < 1.29 is 28.7 Å². The average molecular weight is 487 g/mol. The Balaban J connectivity index is 2.01. The number of hydrogen-bond donors (Lipinski definition) is 5. The van der Waals surface area contributed by atoms with Gasteiger partial charge in [-0.2, -0.15) is 0 Å². The van der Waals surface area contributed by atoms with Gasteiger partial charge in [0.2, 0.25) is 23.6 Å². The number of phenols is 1. The van der Waals surface area contributed by atoms with Crippen molar-refractivity contribution in [2.75, 3.05) is 6.54 Å². The number of nitrogens with two attached hydrogens (primary N) is 1. The zero-order valence-electron chi connectivity index (χ0n) is 19.8. The number of nitrogens with one attached hydrogen (secondary N) is 3. The first-order valence-electron chi connectivity index (χ1n) is 11.2. The van der Waals surface area contributed by atoms with Crippen LogP contribution in [0.4, 0.5) is 4.39 Å². The Hall–Kier alpha value is -3.95. The third-order valence-electron chi connectivity index (χ3n) is 5.24. The standard InChI is InChI=1S/C25H31FN4O5/c1-25(2,24(35)28-14-13-16-5-9-19(31)10-6-16)30-23(34)20(29-22(33)12-11-21(27)32)15-17-3-7-18(26)8-4-17/h3-10,20,31H,11-15H2,1-2H3,(H2,27,32)(H,28,35)(H,29,33)(H,30,34)/t20-/m1/s1. The van der Waals surface area contributed by atoms with Crippen LogP contribution in [0.1, 0.15) is 37.8 Å². The van der Waals surface area contributed by atoms with Crippen molar-refractivity contribution in [2.24, 2.45) is 5.73 Å². The summed E-state index contributed by atoms with van der Waals surface area (Å²) in [7, 11) is 0. The minimum absolute atomic E-state index is 0.0486. The first kappa shape index (κ1) is 27.3. The molecule has 2 rings (SSSR count). The van der Waals surface area contributed by atoms with Crippen LogP contribution in [0.3, 0.4) is 0 Å². The van der Waals surface area contributed by atoms with Crippen LogP contribution in [-0.2, 0) is 32.0 Å². The molecule has 4 amide bonds. The van der Waals surface area contributed by atoms with Crippen LogP contribution in [-0.4, -0.2) is 46.9 Å². The quantitative estimate of drug-likeness (QED) is 0.304. The summed E-state index contributed by atoms with van der Waals surface area (Å²) in [5, 5.41) is 17.3. The van der Waals surface area contributed by atoms with Crippen molar-refractivity contribution in [3.63, 3.8) is 0 Å². The SMILES string of the molecule is CC(C)(NC(=O)[C@@H](Cc1ccc(F)cc1)NC(=O)CCC(N)=O)C(=O)NCCc1ccc(O)cc1. The lowest BCUT2D eigenvalue weighted by Gasteiger charge is -2.28. The fraction of sp³-hybridized carbons (Fsp3) is 0.360. The molecule has 0 saturated carbocycles. The van der Waals surface area contributed by atoms with Gasteiger partial charge in [0.05, 0.1) is 0 Å². The molecule has 0 heterocycles. The van der Waals surface area contributed by atoms with Gasteiger partial charge in [-0.3, -0.25) is 19.2 Å². The summed E-state index contributed by atoms with van der Waals surface area (Å²) >= 11 is 0. The van der Waals surface area contributed by atoms with E-state index in [4.69, 9.17) is 5.73 Å². The molecule has 9 nitrogen and oxygen atoms in total. The van der Waals surface area contributed by atoms with Crippen molar-refractivity contribution in [2.45, 2.75) is 51.1 Å². The maximum atomic E-state index is 13.3. The highest BCUT2D eigenvalue weighted by molar-refractivity contribution is 5.94. The summed E-state index contributed by atoms with van der Waals surface area (Å²) in [6, 6.07) is 11.0. The number of carbonyl (C=O) groups is 4. The topological polar surface area (TPSA) is 151 Å². The van der Waals surface area contributed by atoms with Crippen LogP contribution in [0.2, 0.25) is 0 Å². The van der Waals surface area contributed by atoms with Gasteiger partial charge in [0.1, 0.15) is 23.1 Å². The van der Waals surface area contributed by atoms with Crippen molar-refractivity contribution in [1.82, 2.24) is 16.0 Å². The number of aromatic hydroxyl groups is 1. The van der Waals surface area contributed by atoms with E-state index < -0.39 is 41.0 Å². The second-order valence-corrected chi connectivity index (χ2v) is 8.70. The van der Waals surface area contributed by atoms with Crippen LogP contribution in [0, 0.1) is 5.82 Å². The normalized spacial score (nSPS) is 11.9. The lowest BCUT2D eigenvalue weighted by molar-refractivity contribution is -0.134. The molecule has 6 N–H and O–H groups in total. The van der Waals surface area contributed by atoms with Gasteiger partial charge in [0, 0.05) is 25.8 Å². The van der Waals surface area contributed by atoms with Gasteiger partial charge >= 0.3 is 0 Å². The van der Waals surface area contributed by atoms with Crippen LogP contribution >= 0.6 is 0 Å². The Morgan fingerprint density at radius 1 is 0.971 bits per heavy atom. The first-order valence-corrected chi connectivity index (χ1v) is 11.2. The lowest BCUT2D eigenvalue weighted by atomic mass is 10.0. The fourth-order valence-electron chi connectivity index (χ4n) is 3.22. The van der Waals surface area contributed by atoms with Crippen molar-refractivity contribution in [3.05, 3.63) is 65.5 Å². The monoisotopic (exact) mass is 486 g/mol. The van der Waals surface area contributed by atoms with E-state index in [-0.39, 0.29) is 25.0 Å². The smallest absolute Gasteiger partial charge is 0.245 e. The molecule has 10 heteroatoms. The Labute approximate surface area is 203 Å². The Bertz CT molecular complexity index is 1040. The van der Waals surface area contributed by atoms with E-state index in [0.29, 0.717) is 18.5 Å². The molecule has 35 heavy (non-hydrogen) atoms. The number of rotatable bonds is 12. The molecule has 0 spiro atoms. The zero-order valence-corrected chi connectivity index (χ0v) is 19.8. The van der Waals surface area contributed by atoms with Crippen molar-refractivity contribution in [3.8, 4) is 5.75 Å². The van der Waals surface area contributed by atoms with Gasteiger partial charge in [0.15, 0.2) is 0 Å². The molecule has 0 aliphatic heterocycles. The third-order valence-corrected chi connectivity index (χ3v) is 5.24. The minimum atomic E-state index is -1.30. The predicted molar refractivity (Wildman–Crippen MR) is 128 cm³/mol. The number of hydrogen-bond acceptors (Lipinski definition) is 5. The van der Waals surface area contributed by atoms with Gasteiger partial charge in [-0.05, 0) is 55.7 Å². The summed E-state index contributed by atoms with van der Waals surface area (Å²) < 4.78 is 13.3. The number of amides is 4. The van der Waals surface area contributed by atoms with E-state index in [2.05, 4.69) is 16.0 Å². The van der Waals surface area contributed by atoms with E-state index in [1.54, 1.807) is 24.3 Å². The van der Waals surface area contributed by atoms with E-state index >= 15 is 0 Å². The summed E-state index contributed by atoms with van der Waals surface area (Å²) in [5.41, 5.74) is 5.29. The number of phenolic OH excluding ortho intramolecular Hbond substituents is 1. The average Bonchev–Trinajstić information content (AvgIpc) is 2.79. The molecule has 0 radical (unpaired) electrons. The van der Waals surface area contributed by atoms with Gasteiger partial charge in [-0.15, -0.1) is 0 Å². The minimum Gasteiger partial charge on any atom is -0.508 e. The Kier molecular flexibility index (Phi) is 9.74. The molecule has 2 aromatic carbocycles.